The Kier molecular flexibility index (Phi) is 3.00. The minimum absolute atomic E-state index is 0.0243. The summed E-state index contributed by atoms with van der Waals surface area (Å²) in [5.41, 5.74) is 0.0243. The van der Waals surface area contributed by atoms with Crippen LogP contribution in [0.15, 0.2) is 42.5 Å². The van der Waals surface area contributed by atoms with Crippen LogP contribution in [-0.2, 0) is 0 Å². The van der Waals surface area contributed by atoms with E-state index in [4.69, 9.17) is 10.6 Å². The van der Waals surface area contributed by atoms with Gasteiger partial charge in [0, 0.05) is 6.07 Å². The summed E-state index contributed by atoms with van der Waals surface area (Å²) in [6, 6.07) is 13.2. The molecule has 17 heavy (non-hydrogen) atoms. The Hall–Kier alpha value is -2.43. The number of benzene rings is 2. The molecule has 85 valence electrons. The zero-order valence-electron chi connectivity index (χ0n) is 8.76. The molecule has 0 bridgehead atoms. The molecule has 4 nitrogen and oxygen atoms in total. The van der Waals surface area contributed by atoms with E-state index >= 15 is 0 Å². The average molecular weight is 232 g/mol. The number of hydrogen-bond donors (Lipinski definition) is 1. The molecule has 0 saturated carbocycles. The van der Waals surface area contributed by atoms with Gasteiger partial charge in [-0.3, -0.25) is 0 Å². The van der Waals surface area contributed by atoms with Crippen molar-refractivity contribution in [3.63, 3.8) is 0 Å². The number of rotatable bonds is 3. The van der Waals surface area contributed by atoms with Crippen molar-refractivity contribution < 1.29 is 14.0 Å². The predicted molar refractivity (Wildman–Crippen MR) is 59.2 cm³/mol. The molecule has 0 amide bonds. The van der Waals surface area contributed by atoms with Crippen LogP contribution < -0.4 is 10.6 Å². The van der Waals surface area contributed by atoms with Gasteiger partial charge in [-0.15, -0.1) is 0 Å². The van der Waals surface area contributed by atoms with Gasteiger partial charge in [0.25, 0.3) is 5.69 Å². The van der Waals surface area contributed by atoms with Crippen LogP contribution in [0.1, 0.15) is 0 Å². The van der Waals surface area contributed by atoms with E-state index in [1.165, 1.54) is 12.1 Å². The van der Waals surface area contributed by atoms with E-state index in [-0.39, 0.29) is 16.3 Å². The van der Waals surface area contributed by atoms with Crippen molar-refractivity contribution >= 4 is 5.69 Å². The van der Waals surface area contributed by atoms with Crippen molar-refractivity contribution in [2.24, 2.45) is 5.84 Å². The highest BCUT2D eigenvalue weighted by Crippen LogP contribution is 2.26. The van der Waals surface area contributed by atoms with Crippen LogP contribution in [0.25, 0.3) is 0 Å². The first-order chi connectivity index (χ1) is 8.16. The third-order valence-electron chi connectivity index (χ3n) is 2.09. The largest absolute Gasteiger partial charge is 0.454 e. The van der Waals surface area contributed by atoms with Crippen molar-refractivity contribution in [3.8, 4) is 11.5 Å². The van der Waals surface area contributed by atoms with Crippen LogP contribution in [0, 0.1) is 16.8 Å². The molecule has 2 rings (SSSR count). The first-order valence-corrected chi connectivity index (χ1v) is 4.82. The molecular weight excluding hydrogens is 223 g/mol. The second kappa shape index (κ2) is 4.61. The van der Waals surface area contributed by atoms with E-state index in [2.05, 4.69) is 6.07 Å². The number of nitroso groups, excluding NO2 is 1. The number of halogens is 1. The molecule has 0 spiro atoms. The van der Waals surface area contributed by atoms with Crippen molar-refractivity contribution in [2.45, 2.75) is 0 Å². The van der Waals surface area contributed by atoms with Gasteiger partial charge in [-0.05, 0) is 24.3 Å². The lowest BCUT2D eigenvalue weighted by molar-refractivity contribution is -0.474. The Bertz CT molecular complexity index is 543. The third kappa shape index (κ3) is 2.57. The lowest BCUT2D eigenvalue weighted by Gasteiger charge is -2.05. The van der Waals surface area contributed by atoms with E-state index in [1.807, 2.05) is 0 Å². The molecule has 0 saturated heterocycles. The zero-order valence-corrected chi connectivity index (χ0v) is 8.76. The van der Waals surface area contributed by atoms with Gasteiger partial charge in [0.05, 0.1) is 11.0 Å². The number of hydrogen-bond acceptors (Lipinski definition) is 2. The summed E-state index contributed by atoms with van der Waals surface area (Å²) in [4.78, 5) is 10.8. The highest BCUT2D eigenvalue weighted by molar-refractivity contribution is 5.39. The summed E-state index contributed by atoms with van der Waals surface area (Å²) < 4.78 is 18.8. The van der Waals surface area contributed by atoms with Crippen molar-refractivity contribution in [1.29, 1.82) is 0 Å². The van der Waals surface area contributed by atoms with Crippen molar-refractivity contribution in [1.82, 2.24) is 0 Å². The normalized spacial score (nSPS) is 9.94. The minimum atomic E-state index is -0.651. The summed E-state index contributed by atoms with van der Waals surface area (Å²) in [6.07, 6.45) is 0. The third-order valence-corrected chi connectivity index (χ3v) is 2.09. The Morgan fingerprint density at radius 1 is 1.24 bits per heavy atom. The predicted octanol–water partition coefficient (Wildman–Crippen LogP) is 2.70. The van der Waals surface area contributed by atoms with Crippen LogP contribution >= 0.6 is 0 Å². The number of nitrogens with zero attached hydrogens (tertiary/aromatic N) is 1. The van der Waals surface area contributed by atoms with E-state index in [0.29, 0.717) is 5.75 Å². The topological polar surface area (TPSA) is 55.3 Å². The van der Waals surface area contributed by atoms with Crippen LogP contribution in [0.5, 0.6) is 11.5 Å². The van der Waals surface area contributed by atoms with Gasteiger partial charge in [0.15, 0.2) is 16.4 Å². The molecule has 1 radical (unpaired) electrons. The molecule has 0 aliphatic carbocycles. The summed E-state index contributed by atoms with van der Waals surface area (Å²) in [7, 11) is 0. The standard InChI is InChI=1S/C12H9FN2O2/c13-11-8-9(15(14)16)6-7-12(11)17-10-4-2-1-3-5-10/h2-8H,(H2,14,16)/q+1. The van der Waals surface area contributed by atoms with E-state index in [0.717, 1.165) is 6.07 Å². The van der Waals surface area contributed by atoms with E-state index in [9.17, 15) is 9.30 Å². The molecule has 2 N–H and O–H groups in total. The number of hydrazine groups is 1. The summed E-state index contributed by atoms with van der Waals surface area (Å²) in [6.45, 7) is 0. The molecular formula is C12H9FN2O2+. The van der Waals surface area contributed by atoms with Crippen LogP contribution in [0.3, 0.4) is 0 Å². The lowest BCUT2D eigenvalue weighted by Crippen LogP contribution is -2.08. The molecule has 0 unspecified atom stereocenters. The maximum absolute atomic E-state index is 13.5. The Morgan fingerprint density at radius 3 is 2.53 bits per heavy atom. The molecule has 0 aromatic heterocycles. The van der Waals surface area contributed by atoms with Gasteiger partial charge in [-0.2, -0.15) is 5.84 Å². The first kappa shape index (κ1) is 11.1. The molecule has 0 atom stereocenters. The molecule has 2 aromatic rings. The van der Waals surface area contributed by atoms with Gasteiger partial charge < -0.3 is 4.74 Å². The molecule has 0 aliphatic heterocycles. The van der Waals surface area contributed by atoms with Crippen molar-refractivity contribution in [3.05, 3.63) is 59.3 Å². The fourth-order valence-electron chi connectivity index (χ4n) is 1.28. The second-order valence-corrected chi connectivity index (χ2v) is 3.28. The van der Waals surface area contributed by atoms with Crippen LogP contribution in [-0.4, -0.2) is 4.87 Å². The van der Waals surface area contributed by atoms with Gasteiger partial charge in [-0.1, -0.05) is 12.1 Å². The fraction of sp³-hybridized carbons (Fsp3) is 0. The van der Waals surface area contributed by atoms with Gasteiger partial charge in [0.2, 0.25) is 0 Å². The Balaban J connectivity index is 2.26. The van der Waals surface area contributed by atoms with Crippen LogP contribution in [0.4, 0.5) is 10.1 Å². The monoisotopic (exact) mass is 232 g/mol. The second-order valence-electron chi connectivity index (χ2n) is 3.28. The molecule has 0 aliphatic rings. The van der Waals surface area contributed by atoms with Gasteiger partial charge >= 0.3 is 0 Å². The zero-order chi connectivity index (χ0) is 12.3. The number of nitrogens with two attached hydrogens (primary N) is 1. The minimum Gasteiger partial charge on any atom is -0.454 e. The van der Waals surface area contributed by atoms with Crippen molar-refractivity contribution in [2.75, 3.05) is 0 Å². The van der Waals surface area contributed by atoms with E-state index < -0.39 is 5.82 Å². The summed E-state index contributed by atoms with van der Waals surface area (Å²) >= 11 is 0. The molecule has 2 aromatic carbocycles. The van der Waals surface area contributed by atoms with Crippen LogP contribution in [0.2, 0.25) is 0 Å². The number of ether oxygens (including phenoxy) is 1. The first-order valence-electron chi connectivity index (χ1n) is 4.82. The quantitative estimate of drug-likeness (QED) is 0.503. The molecule has 0 heterocycles. The molecule has 0 fully saturated rings. The Labute approximate surface area is 97.0 Å². The van der Waals surface area contributed by atoms with Gasteiger partial charge in [-0.25, -0.2) is 4.39 Å². The SMILES string of the molecule is N[N+](=O)c1ccc(Oc2cc[c]cc2)c(F)c1. The maximum Gasteiger partial charge on any atom is 0.294 e. The summed E-state index contributed by atoms with van der Waals surface area (Å²) in [5.74, 6) is 4.82. The maximum atomic E-state index is 13.5. The summed E-state index contributed by atoms with van der Waals surface area (Å²) in [5, 5.41) is 0. The molecule has 5 heteroatoms. The Morgan fingerprint density at radius 2 is 1.94 bits per heavy atom. The lowest BCUT2D eigenvalue weighted by atomic mass is 10.3. The highest BCUT2D eigenvalue weighted by atomic mass is 19.1. The van der Waals surface area contributed by atoms with Gasteiger partial charge in [0.1, 0.15) is 5.75 Å². The highest BCUT2D eigenvalue weighted by Gasteiger charge is 2.13. The fourth-order valence-corrected chi connectivity index (χ4v) is 1.28. The average Bonchev–Trinajstić information content (AvgIpc) is 2.33. The smallest absolute Gasteiger partial charge is 0.294 e. The van der Waals surface area contributed by atoms with E-state index in [1.54, 1.807) is 24.3 Å².